The van der Waals surface area contributed by atoms with E-state index in [0.29, 0.717) is 0 Å². The lowest BCUT2D eigenvalue weighted by Crippen LogP contribution is -2.14. The quantitative estimate of drug-likeness (QED) is 0.812. The van der Waals surface area contributed by atoms with Crippen molar-refractivity contribution < 1.29 is 12.8 Å². The van der Waals surface area contributed by atoms with Crippen LogP contribution in [0.2, 0.25) is 0 Å². The second-order valence-corrected chi connectivity index (χ2v) is 5.34. The molecule has 0 unspecified atom stereocenters. The summed E-state index contributed by atoms with van der Waals surface area (Å²) in [5.74, 6) is -0.581. The van der Waals surface area contributed by atoms with Crippen LogP contribution in [0, 0.1) is 5.82 Å². The van der Waals surface area contributed by atoms with Crippen LogP contribution in [0.25, 0.3) is 0 Å². The molecule has 0 atom stereocenters. The molecule has 2 aromatic rings. The summed E-state index contributed by atoms with van der Waals surface area (Å²) in [5.41, 5.74) is 5.68. The number of hydrogen-bond acceptors (Lipinski definition) is 4. The molecule has 2 rings (SSSR count). The van der Waals surface area contributed by atoms with Gasteiger partial charge in [-0.25, -0.2) is 9.37 Å². The Morgan fingerprint density at radius 2 is 2.17 bits per heavy atom. The molecule has 6 nitrogen and oxygen atoms in total. The highest BCUT2D eigenvalue weighted by atomic mass is 32.2. The summed E-state index contributed by atoms with van der Waals surface area (Å²) in [4.78, 5) is 3.71. The molecule has 0 amide bonds. The Balaban J connectivity index is 2.36. The Morgan fingerprint density at radius 3 is 2.78 bits per heavy atom. The number of rotatable bonds is 3. The molecule has 0 aliphatic heterocycles. The van der Waals surface area contributed by atoms with Gasteiger partial charge < -0.3 is 10.3 Å². The van der Waals surface area contributed by atoms with Crippen LogP contribution in [0.3, 0.4) is 0 Å². The van der Waals surface area contributed by atoms with Crippen LogP contribution in [0.15, 0.2) is 35.7 Å². The Bertz CT molecular complexity index is 681. The highest BCUT2D eigenvalue weighted by molar-refractivity contribution is 7.92. The number of nitrogen functional groups attached to an aromatic ring is 1. The third-order valence-electron chi connectivity index (χ3n) is 2.22. The summed E-state index contributed by atoms with van der Waals surface area (Å²) in [6.45, 7) is 0. The van der Waals surface area contributed by atoms with Gasteiger partial charge in [0, 0.05) is 19.3 Å². The van der Waals surface area contributed by atoms with Crippen molar-refractivity contribution >= 4 is 21.4 Å². The molecule has 1 aromatic carbocycles. The van der Waals surface area contributed by atoms with Crippen molar-refractivity contribution in [3.05, 3.63) is 36.5 Å². The molecule has 0 aliphatic rings. The highest BCUT2D eigenvalue weighted by Crippen LogP contribution is 2.22. The molecule has 0 spiro atoms. The Morgan fingerprint density at radius 1 is 1.44 bits per heavy atom. The monoisotopic (exact) mass is 270 g/mol. The maximum absolute atomic E-state index is 13.0. The summed E-state index contributed by atoms with van der Waals surface area (Å²) in [7, 11) is -2.22. The molecular weight excluding hydrogens is 259 g/mol. The maximum atomic E-state index is 13.0. The van der Waals surface area contributed by atoms with E-state index in [9.17, 15) is 12.8 Å². The van der Waals surface area contributed by atoms with Gasteiger partial charge in [-0.1, -0.05) is 0 Å². The fraction of sp³-hybridized carbons (Fsp3) is 0.100. The lowest BCUT2D eigenvalue weighted by molar-refractivity contribution is 0.598. The lowest BCUT2D eigenvalue weighted by Gasteiger charge is -2.08. The summed E-state index contributed by atoms with van der Waals surface area (Å²) in [6, 6.07) is 3.44. The first-order valence-electron chi connectivity index (χ1n) is 4.94. The predicted octanol–water partition coefficient (Wildman–Crippen LogP) is 0.942. The number of anilines is 2. The van der Waals surface area contributed by atoms with Crippen LogP contribution in [-0.4, -0.2) is 18.0 Å². The predicted molar refractivity (Wildman–Crippen MR) is 64.8 cm³/mol. The Hall–Kier alpha value is -2.09. The van der Waals surface area contributed by atoms with Gasteiger partial charge in [0.2, 0.25) is 0 Å². The van der Waals surface area contributed by atoms with Crippen LogP contribution in [-0.2, 0) is 17.1 Å². The first kappa shape index (κ1) is 12.4. The molecule has 0 saturated heterocycles. The van der Waals surface area contributed by atoms with E-state index in [4.69, 9.17) is 5.73 Å². The second kappa shape index (κ2) is 4.30. The van der Waals surface area contributed by atoms with E-state index in [-0.39, 0.29) is 16.4 Å². The van der Waals surface area contributed by atoms with E-state index >= 15 is 0 Å². The van der Waals surface area contributed by atoms with Crippen molar-refractivity contribution in [3.8, 4) is 0 Å². The van der Waals surface area contributed by atoms with Gasteiger partial charge in [-0.3, -0.25) is 4.72 Å². The van der Waals surface area contributed by atoms with Crippen LogP contribution in [0.1, 0.15) is 0 Å². The van der Waals surface area contributed by atoms with Gasteiger partial charge in [0.15, 0.2) is 5.03 Å². The number of aryl methyl sites for hydroxylation is 1. The Labute approximate surface area is 103 Å². The zero-order valence-corrected chi connectivity index (χ0v) is 10.3. The Kier molecular flexibility index (Phi) is 2.95. The first-order chi connectivity index (χ1) is 8.38. The van der Waals surface area contributed by atoms with Crippen molar-refractivity contribution in [3.63, 3.8) is 0 Å². The van der Waals surface area contributed by atoms with Gasteiger partial charge >= 0.3 is 0 Å². The summed E-state index contributed by atoms with van der Waals surface area (Å²) in [5, 5.41) is -0.159. The highest BCUT2D eigenvalue weighted by Gasteiger charge is 2.18. The van der Waals surface area contributed by atoms with Gasteiger partial charge in [0.05, 0.1) is 17.7 Å². The van der Waals surface area contributed by atoms with E-state index in [0.717, 1.165) is 12.1 Å². The minimum absolute atomic E-state index is 0.0133. The van der Waals surface area contributed by atoms with Crippen LogP contribution < -0.4 is 10.5 Å². The molecule has 8 heteroatoms. The number of benzene rings is 1. The fourth-order valence-corrected chi connectivity index (χ4v) is 2.40. The average Bonchev–Trinajstić information content (AvgIpc) is 2.71. The van der Waals surface area contributed by atoms with E-state index in [2.05, 4.69) is 9.71 Å². The average molecular weight is 270 g/mol. The smallest absolute Gasteiger partial charge is 0.281 e. The number of nitrogens with zero attached hydrogens (tertiary/aromatic N) is 2. The number of halogens is 1. The number of nitrogens with two attached hydrogens (primary N) is 1. The lowest BCUT2D eigenvalue weighted by atomic mass is 10.3. The molecule has 0 bridgehead atoms. The summed E-state index contributed by atoms with van der Waals surface area (Å²) < 4.78 is 40.5. The SMILES string of the molecule is Cn1cnc(S(=O)(=O)Nc2cc(F)ccc2N)c1. The topological polar surface area (TPSA) is 90.0 Å². The molecule has 1 aromatic heterocycles. The van der Waals surface area contributed by atoms with Crippen molar-refractivity contribution in [1.82, 2.24) is 9.55 Å². The normalized spacial score (nSPS) is 11.4. The zero-order chi connectivity index (χ0) is 13.3. The van der Waals surface area contributed by atoms with Crippen LogP contribution in [0.5, 0.6) is 0 Å². The van der Waals surface area contributed by atoms with Gasteiger partial charge in [-0.2, -0.15) is 8.42 Å². The van der Waals surface area contributed by atoms with Gasteiger partial charge in [0.25, 0.3) is 10.0 Å². The zero-order valence-electron chi connectivity index (χ0n) is 9.46. The number of hydrogen-bond donors (Lipinski definition) is 2. The van der Waals surface area contributed by atoms with E-state index in [1.165, 1.54) is 23.2 Å². The van der Waals surface area contributed by atoms with E-state index in [1.54, 1.807) is 7.05 Å². The molecule has 0 aliphatic carbocycles. The minimum atomic E-state index is -3.86. The number of nitrogens with one attached hydrogen (secondary N) is 1. The minimum Gasteiger partial charge on any atom is -0.397 e. The number of aromatic nitrogens is 2. The van der Waals surface area contributed by atoms with Crippen molar-refractivity contribution in [1.29, 1.82) is 0 Å². The number of sulfonamides is 1. The molecule has 96 valence electrons. The second-order valence-electron chi connectivity index (χ2n) is 3.71. The third kappa shape index (κ3) is 2.43. The molecule has 0 saturated carbocycles. The molecular formula is C10H11FN4O2S. The van der Waals surface area contributed by atoms with E-state index in [1.807, 2.05) is 0 Å². The first-order valence-corrected chi connectivity index (χ1v) is 6.42. The van der Waals surface area contributed by atoms with Crippen molar-refractivity contribution in [2.24, 2.45) is 7.05 Å². The number of imidazole rings is 1. The van der Waals surface area contributed by atoms with E-state index < -0.39 is 15.8 Å². The maximum Gasteiger partial charge on any atom is 0.281 e. The molecule has 0 radical (unpaired) electrons. The molecule has 3 N–H and O–H groups in total. The molecule has 0 fully saturated rings. The van der Waals surface area contributed by atoms with Gasteiger partial charge in [0.1, 0.15) is 5.82 Å². The summed E-state index contributed by atoms with van der Waals surface area (Å²) >= 11 is 0. The third-order valence-corrected chi connectivity index (χ3v) is 3.47. The van der Waals surface area contributed by atoms with Crippen LogP contribution in [0.4, 0.5) is 15.8 Å². The molecule has 18 heavy (non-hydrogen) atoms. The van der Waals surface area contributed by atoms with Crippen LogP contribution >= 0.6 is 0 Å². The fourth-order valence-electron chi connectivity index (χ4n) is 1.34. The van der Waals surface area contributed by atoms with Gasteiger partial charge in [-0.05, 0) is 12.1 Å². The molecule has 1 heterocycles. The van der Waals surface area contributed by atoms with Crippen molar-refractivity contribution in [2.45, 2.75) is 5.03 Å². The van der Waals surface area contributed by atoms with Crippen molar-refractivity contribution in [2.75, 3.05) is 10.5 Å². The standard InChI is InChI=1S/C10H11FN4O2S/c1-15-5-10(13-6-15)18(16,17)14-9-4-7(11)2-3-8(9)12/h2-6,14H,12H2,1H3. The van der Waals surface area contributed by atoms with Gasteiger partial charge in [-0.15, -0.1) is 0 Å². The largest absolute Gasteiger partial charge is 0.397 e. The summed E-state index contributed by atoms with van der Waals surface area (Å²) in [6.07, 6.45) is 2.68.